The minimum absolute atomic E-state index is 0.0572. The molecular formula is C13H26N2O3. The van der Waals surface area contributed by atoms with Gasteiger partial charge < -0.3 is 15.7 Å². The van der Waals surface area contributed by atoms with E-state index in [1.165, 1.54) is 0 Å². The van der Waals surface area contributed by atoms with Crippen molar-refractivity contribution in [2.24, 2.45) is 5.41 Å². The Balaban J connectivity index is 3.97. The lowest BCUT2D eigenvalue weighted by Crippen LogP contribution is -2.46. The number of aliphatic hydroxyl groups is 1. The van der Waals surface area contributed by atoms with Crippen LogP contribution in [0.15, 0.2) is 0 Å². The molecule has 1 atom stereocenters. The van der Waals surface area contributed by atoms with E-state index >= 15 is 0 Å². The highest BCUT2D eigenvalue weighted by Gasteiger charge is 2.22. The highest BCUT2D eigenvalue weighted by atomic mass is 16.3. The zero-order valence-corrected chi connectivity index (χ0v) is 12.1. The maximum atomic E-state index is 11.5. The number of hydrogen-bond donors (Lipinski definition) is 3. The molecule has 3 N–H and O–H groups in total. The third-order valence-electron chi connectivity index (χ3n) is 2.55. The topological polar surface area (TPSA) is 78.4 Å². The minimum Gasteiger partial charge on any atom is -0.388 e. The zero-order chi connectivity index (χ0) is 14.4. The molecule has 0 radical (unpaired) electrons. The van der Waals surface area contributed by atoms with Crippen LogP contribution < -0.4 is 10.6 Å². The van der Waals surface area contributed by atoms with Gasteiger partial charge in [0.15, 0.2) is 0 Å². The van der Waals surface area contributed by atoms with Gasteiger partial charge in [-0.15, -0.1) is 0 Å². The molecule has 18 heavy (non-hydrogen) atoms. The predicted molar refractivity (Wildman–Crippen MR) is 71.0 cm³/mol. The average molecular weight is 258 g/mol. The first kappa shape index (κ1) is 16.9. The van der Waals surface area contributed by atoms with Crippen LogP contribution >= 0.6 is 0 Å². The molecule has 0 aromatic heterocycles. The fourth-order valence-corrected chi connectivity index (χ4v) is 1.40. The van der Waals surface area contributed by atoms with E-state index < -0.39 is 11.0 Å². The van der Waals surface area contributed by atoms with E-state index in [2.05, 4.69) is 10.6 Å². The second-order valence-corrected chi connectivity index (χ2v) is 5.96. The Morgan fingerprint density at radius 1 is 1.11 bits per heavy atom. The maximum absolute atomic E-state index is 11.5. The molecule has 0 spiro atoms. The summed E-state index contributed by atoms with van der Waals surface area (Å²) in [5, 5.41) is 15.0. The third-order valence-corrected chi connectivity index (χ3v) is 2.55. The van der Waals surface area contributed by atoms with E-state index in [-0.39, 0.29) is 24.9 Å². The Labute approximate surface area is 109 Å². The lowest BCUT2D eigenvalue weighted by molar-refractivity contribution is -0.131. The normalized spacial score (nSPS) is 14.8. The fourth-order valence-electron chi connectivity index (χ4n) is 1.40. The maximum Gasteiger partial charge on any atom is 0.239 e. The monoisotopic (exact) mass is 258 g/mol. The zero-order valence-electron chi connectivity index (χ0n) is 12.1. The highest BCUT2D eigenvalue weighted by molar-refractivity contribution is 5.87. The van der Waals surface area contributed by atoms with Crippen LogP contribution in [0.3, 0.4) is 0 Å². The van der Waals surface area contributed by atoms with Crippen molar-refractivity contribution in [3.05, 3.63) is 0 Å². The molecule has 0 saturated carbocycles. The second kappa shape index (κ2) is 6.73. The van der Waals surface area contributed by atoms with Crippen LogP contribution in [0.5, 0.6) is 0 Å². The third kappa shape index (κ3) is 7.27. The van der Waals surface area contributed by atoms with Crippen molar-refractivity contribution < 1.29 is 14.7 Å². The van der Waals surface area contributed by atoms with Crippen molar-refractivity contribution in [1.82, 2.24) is 10.6 Å². The molecule has 1 unspecified atom stereocenters. The highest BCUT2D eigenvalue weighted by Crippen LogP contribution is 2.12. The molecule has 106 valence electrons. The molecular weight excluding hydrogens is 232 g/mol. The Morgan fingerprint density at radius 3 is 2.11 bits per heavy atom. The van der Waals surface area contributed by atoms with Gasteiger partial charge in [-0.1, -0.05) is 34.1 Å². The van der Waals surface area contributed by atoms with Gasteiger partial charge in [0, 0.05) is 12.0 Å². The molecule has 0 aliphatic heterocycles. The lowest BCUT2D eigenvalue weighted by atomic mass is 9.96. The van der Waals surface area contributed by atoms with Crippen LogP contribution in [0.25, 0.3) is 0 Å². The summed E-state index contributed by atoms with van der Waals surface area (Å²) in [6.45, 7) is 9.15. The van der Waals surface area contributed by atoms with Crippen LogP contribution in [0.4, 0.5) is 0 Å². The first-order valence-corrected chi connectivity index (χ1v) is 6.36. The van der Waals surface area contributed by atoms with E-state index in [1.807, 2.05) is 6.92 Å². The van der Waals surface area contributed by atoms with Gasteiger partial charge >= 0.3 is 0 Å². The molecule has 0 aromatic carbocycles. The quantitative estimate of drug-likeness (QED) is 0.660. The number of nitrogens with one attached hydrogen (secondary N) is 2. The molecule has 0 saturated heterocycles. The van der Waals surface area contributed by atoms with Crippen molar-refractivity contribution in [2.45, 2.75) is 53.1 Å². The van der Waals surface area contributed by atoms with E-state index in [0.717, 1.165) is 6.42 Å². The number of hydrogen-bond acceptors (Lipinski definition) is 3. The number of rotatable bonds is 6. The van der Waals surface area contributed by atoms with Gasteiger partial charge in [0.1, 0.15) is 0 Å². The van der Waals surface area contributed by atoms with E-state index in [9.17, 15) is 14.7 Å². The Bertz CT molecular complexity index is 293. The minimum atomic E-state index is -0.890. The Morgan fingerprint density at radius 2 is 1.67 bits per heavy atom. The second-order valence-electron chi connectivity index (χ2n) is 5.96. The average Bonchev–Trinajstić information content (AvgIpc) is 2.21. The van der Waals surface area contributed by atoms with Crippen molar-refractivity contribution in [2.75, 3.05) is 13.1 Å². The van der Waals surface area contributed by atoms with Gasteiger partial charge in [0.05, 0.1) is 12.1 Å². The van der Waals surface area contributed by atoms with Crippen LogP contribution in [0, 0.1) is 5.41 Å². The molecule has 0 aliphatic rings. The molecule has 5 heteroatoms. The number of carbonyl (C=O) groups is 2. The molecule has 5 nitrogen and oxygen atoms in total. The van der Waals surface area contributed by atoms with Gasteiger partial charge in [-0.05, 0) is 13.3 Å². The number of amides is 2. The van der Waals surface area contributed by atoms with Gasteiger partial charge in [-0.2, -0.15) is 0 Å². The first-order chi connectivity index (χ1) is 8.08. The largest absolute Gasteiger partial charge is 0.388 e. The smallest absolute Gasteiger partial charge is 0.239 e. The standard InChI is InChI=1S/C13H26N2O3/c1-6-7-13(5,18)9-15-10(16)8-14-11(17)12(2,3)4/h18H,6-9H2,1-5H3,(H,14,17)(H,15,16). The van der Waals surface area contributed by atoms with E-state index in [4.69, 9.17) is 0 Å². The van der Waals surface area contributed by atoms with E-state index in [1.54, 1.807) is 27.7 Å². The molecule has 0 bridgehead atoms. The van der Waals surface area contributed by atoms with Gasteiger partial charge in [-0.3, -0.25) is 9.59 Å². The van der Waals surface area contributed by atoms with Crippen LogP contribution in [0.1, 0.15) is 47.5 Å². The molecule has 0 heterocycles. The summed E-state index contributed by atoms with van der Waals surface area (Å²) >= 11 is 0. The molecule has 2 amide bonds. The summed E-state index contributed by atoms with van der Waals surface area (Å²) < 4.78 is 0. The molecule has 0 rings (SSSR count). The lowest BCUT2D eigenvalue weighted by Gasteiger charge is -2.23. The molecule has 0 aliphatic carbocycles. The van der Waals surface area contributed by atoms with Crippen LogP contribution in [0.2, 0.25) is 0 Å². The van der Waals surface area contributed by atoms with Gasteiger partial charge in [0.25, 0.3) is 0 Å². The van der Waals surface area contributed by atoms with Crippen molar-refractivity contribution in [3.8, 4) is 0 Å². The van der Waals surface area contributed by atoms with Gasteiger partial charge in [-0.25, -0.2) is 0 Å². The van der Waals surface area contributed by atoms with Crippen molar-refractivity contribution in [3.63, 3.8) is 0 Å². The van der Waals surface area contributed by atoms with Crippen LogP contribution in [-0.4, -0.2) is 35.6 Å². The van der Waals surface area contributed by atoms with Gasteiger partial charge in [0.2, 0.25) is 11.8 Å². The Kier molecular flexibility index (Phi) is 6.32. The summed E-state index contributed by atoms with van der Waals surface area (Å²) in [4.78, 5) is 23.0. The Hall–Kier alpha value is -1.10. The van der Waals surface area contributed by atoms with Crippen molar-refractivity contribution in [1.29, 1.82) is 0 Å². The SMILES string of the molecule is CCCC(C)(O)CNC(=O)CNC(=O)C(C)(C)C. The van der Waals surface area contributed by atoms with Crippen molar-refractivity contribution >= 4 is 11.8 Å². The summed E-state index contributed by atoms with van der Waals surface area (Å²) in [7, 11) is 0. The summed E-state index contributed by atoms with van der Waals surface area (Å²) in [6.07, 6.45) is 1.48. The summed E-state index contributed by atoms with van der Waals surface area (Å²) in [5.74, 6) is -0.457. The predicted octanol–water partition coefficient (Wildman–Crippen LogP) is 0.816. The summed E-state index contributed by atoms with van der Waals surface area (Å²) in [5.41, 5.74) is -1.40. The molecule has 0 fully saturated rings. The van der Waals surface area contributed by atoms with E-state index in [0.29, 0.717) is 6.42 Å². The first-order valence-electron chi connectivity index (χ1n) is 6.36. The molecule has 0 aromatic rings. The summed E-state index contributed by atoms with van der Waals surface area (Å²) in [6, 6.07) is 0. The van der Waals surface area contributed by atoms with Crippen LogP contribution in [-0.2, 0) is 9.59 Å². The fraction of sp³-hybridized carbons (Fsp3) is 0.846. The number of carbonyl (C=O) groups excluding carboxylic acids is 2.